The van der Waals surface area contributed by atoms with Crippen molar-refractivity contribution >= 4 is 23.4 Å². The van der Waals surface area contributed by atoms with E-state index < -0.39 is 0 Å². The number of phenols is 1. The highest BCUT2D eigenvalue weighted by atomic mass is 35.5. The van der Waals surface area contributed by atoms with Gasteiger partial charge in [-0.2, -0.15) is 0 Å². The topological polar surface area (TPSA) is 64.1 Å². The molecular weight excluding hydrogens is 366 g/mol. The molecule has 2 amide bonds. The smallest absolute Gasteiger partial charge is 0.257 e. The van der Waals surface area contributed by atoms with Crippen LogP contribution in [0.4, 0.5) is 0 Å². The van der Waals surface area contributed by atoms with Gasteiger partial charge in [-0.1, -0.05) is 11.6 Å². The van der Waals surface area contributed by atoms with Gasteiger partial charge in [0.2, 0.25) is 5.91 Å². The van der Waals surface area contributed by atoms with Crippen LogP contribution in [0.1, 0.15) is 42.5 Å². The van der Waals surface area contributed by atoms with Gasteiger partial charge in [0, 0.05) is 43.3 Å². The van der Waals surface area contributed by atoms with Gasteiger partial charge in [0.05, 0.1) is 12.1 Å². The SMILES string of the molecule is O=C(CN1CC[C@@]12CCCN(C(=O)c1ccc(Cl)cc1O)C2)N1CCCC1. The van der Waals surface area contributed by atoms with Crippen molar-refractivity contribution in [1.29, 1.82) is 0 Å². The molecule has 146 valence electrons. The Balaban J connectivity index is 1.44. The lowest BCUT2D eigenvalue weighted by Gasteiger charge is -2.57. The van der Waals surface area contributed by atoms with Crippen molar-refractivity contribution < 1.29 is 14.7 Å². The summed E-state index contributed by atoms with van der Waals surface area (Å²) in [5, 5.41) is 10.5. The molecule has 0 bridgehead atoms. The first kappa shape index (κ1) is 18.6. The molecule has 7 heteroatoms. The van der Waals surface area contributed by atoms with E-state index in [0.29, 0.717) is 24.7 Å². The monoisotopic (exact) mass is 391 g/mol. The molecule has 0 unspecified atom stereocenters. The van der Waals surface area contributed by atoms with Crippen LogP contribution in [0.2, 0.25) is 5.02 Å². The number of benzene rings is 1. The lowest BCUT2D eigenvalue weighted by atomic mass is 9.77. The van der Waals surface area contributed by atoms with Crippen molar-refractivity contribution in [1.82, 2.24) is 14.7 Å². The Morgan fingerprint density at radius 3 is 2.44 bits per heavy atom. The van der Waals surface area contributed by atoms with Gasteiger partial charge >= 0.3 is 0 Å². The molecule has 0 aliphatic carbocycles. The van der Waals surface area contributed by atoms with Crippen LogP contribution in [0, 0.1) is 0 Å². The minimum atomic E-state index is -0.166. The predicted octanol–water partition coefficient (Wildman–Crippen LogP) is 2.35. The van der Waals surface area contributed by atoms with E-state index in [9.17, 15) is 14.7 Å². The van der Waals surface area contributed by atoms with Crippen LogP contribution < -0.4 is 0 Å². The number of phenolic OH excluding ortho intramolecular Hbond substituents is 1. The summed E-state index contributed by atoms with van der Waals surface area (Å²) in [5.41, 5.74) is 0.196. The lowest BCUT2D eigenvalue weighted by Crippen LogP contribution is -2.68. The molecule has 1 atom stereocenters. The first-order chi connectivity index (χ1) is 13.0. The molecule has 3 aliphatic heterocycles. The Kier molecular flexibility index (Phi) is 5.03. The number of carbonyl (C=O) groups is 2. The summed E-state index contributed by atoms with van der Waals surface area (Å²) in [6.07, 6.45) is 5.13. The van der Waals surface area contributed by atoms with Gasteiger partial charge in [-0.3, -0.25) is 14.5 Å². The Morgan fingerprint density at radius 1 is 1.04 bits per heavy atom. The molecule has 1 aromatic carbocycles. The normalized spacial score (nSPS) is 25.7. The van der Waals surface area contributed by atoms with Gasteiger partial charge in [0.15, 0.2) is 0 Å². The number of likely N-dealkylation sites (tertiary alicyclic amines) is 3. The molecule has 0 saturated carbocycles. The summed E-state index contributed by atoms with van der Waals surface area (Å²) in [6, 6.07) is 4.61. The van der Waals surface area contributed by atoms with Gasteiger partial charge in [-0.15, -0.1) is 0 Å². The van der Waals surface area contributed by atoms with E-state index in [1.807, 2.05) is 9.80 Å². The molecule has 3 heterocycles. The standard InChI is InChI=1S/C20H26ClN3O3/c21-15-4-5-16(17(25)12-15)19(27)23-10-3-6-20(14-23)7-11-24(20)13-18(26)22-8-1-2-9-22/h4-5,12,25H,1-3,6-11,13-14H2/t20-/m1/s1. The Hall–Kier alpha value is -1.79. The number of halogens is 1. The minimum Gasteiger partial charge on any atom is -0.507 e. The summed E-state index contributed by atoms with van der Waals surface area (Å²) in [7, 11) is 0. The van der Waals surface area contributed by atoms with Gasteiger partial charge in [0.25, 0.3) is 5.91 Å². The molecule has 1 N–H and O–H groups in total. The summed E-state index contributed by atoms with van der Waals surface area (Å²) in [5.74, 6) is -0.0341. The number of piperidine rings is 1. The van der Waals surface area contributed by atoms with Crippen molar-refractivity contribution in [3.05, 3.63) is 28.8 Å². The van der Waals surface area contributed by atoms with E-state index >= 15 is 0 Å². The van der Waals surface area contributed by atoms with E-state index in [-0.39, 0.29) is 28.7 Å². The van der Waals surface area contributed by atoms with E-state index in [2.05, 4.69) is 4.90 Å². The van der Waals surface area contributed by atoms with Crippen LogP contribution in [0.15, 0.2) is 18.2 Å². The molecule has 3 aliphatic rings. The fraction of sp³-hybridized carbons (Fsp3) is 0.600. The van der Waals surface area contributed by atoms with E-state index in [4.69, 9.17) is 11.6 Å². The first-order valence-corrected chi connectivity index (χ1v) is 10.2. The second-order valence-electron chi connectivity index (χ2n) is 7.98. The minimum absolute atomic E-state index is 0.0817. The van der Waals surface area contributed by atoms with Gasteiger partial charge < -0.3 is 14.9 Å². The first-order valence-electron chi connectivity index (χ1n) is 9.79. The van der Waals surface area contributed by atoms with Crippen LogP contribution in [-0.4, -0.2) is 76.4 Å². The third-order valence-corrected chi connectivity index (χ3v) is 6.57. The molecule has 0 aromatic heterocycles. The lowest BCUT2D eigenvalue weighted by molar-refractivity contribution is -0.138. The Labute approximate surface area is 164 Å². The number of hydrogen-bond acceptors (Lipinski definition) is 4. The van der Waals surface area contributed by atoms with Gasteiger partial charge in [-0.25, -0.2) is 0 Å². The Morgan fingerprint density at radius 2 is 1.78 bits per heavy atom. The van der Waals surface area contributed by atoms with E-state index in [1.54, 1.807) is 12.1 Å². The molecule has 3 fully saturated rings. The van der Waals surface area contributed by atoms with Crippen molar-refractivity contribution in [3.63, 3.8) is 0 Å². The molecule has 27 heavy (non-hydrogen) atoms. The second-order valence-corrected chi connectivity index (χ2v) is 8.41. The van der Waals surface area contributed by atoms with Crippen molar-refractivity contribution in [2.24, 2.45) is 0 Å². The summed E-state index contributed by atoms with van der Waals surface area (Å²) >= 11 is 5.88. The number of hydrogen-bond donors (Lipinski definition) is 1. The third-order valence-electron chi connectivity index (χ3n) is 6.34. The van der Waals surface area contributed by atoms with Gasteiger partial charge in [0.1, 0.15) is 5.75 Å². The average molecular weight is 392 g/mol. The number of amides is 2. The van der Waals surface area contributed by atoms with Crippen LogP contribution in [0.3, 0.4) is 0 Å². The third kappa shape index (κ3) is 3.52. The average Bonchev–Trinajstić information content (AvgIpc) is 3.19. The summed E-state index contributed by atoms with van der Waals surface area (Å²) in [4.78, 5) is 31.5. The van der Waals surface area contributed by atoms with Crippen LogP contribution >= 0.6 is 11.6 Å². The van der Waals surface area contributed by atoms with Crippen LogP contribution in [0.25, 0.3) is 0 Å². The van der Waals surface area contributed by atoms with E-state index in [1.165, 1.54) is 6.07 Å². The van der Waals surface area contributed by atoms with Gasteiger partial charge in [-0.05, 0) is 50.3 Å². The zero-order chi connectivity index (χ0) is 19.0. The Bertz CT molecular complexity index is 750. The number of carbonyl (C=O) groups excluding carboxylic acids is 2. The fourth-order valence-electron chi connectivity index (χ4n) is 4.67. The second kappa shape index (κ2) is 7.32. The zero-order valence-corrected chi connectivity index (χ0v) is 16.2. The maximum atomic E-state index is 12.9. The summed E-state index contributed by atoms with van der Waals surface area (Å²) < 4.78 is 0. The fourth-order valence-corrected chi connectivity index (χ4v) is 4.83. The van der Waals surface area contributed by atoms with Crippen molar-refractivity contribution in [2.75, 3.05) is 39.3 Å². The maximum Gasteiger partial charge on any atom is 0.257 e. The zero-order valence-electron chi connectivity index (χ0n) is 15.5. The molecular formula is C20H26ClN3O3. The number of aromatic hydroxyl groups is 1. The highest BCUT2D eigenvalue weighted by molar-refractivity contribution is 6.30. The molecule has 4 rings (SSSR count). The van der Waals surface area contributed by atoms with Crippen molar-refractivity contribution in [2.45, 2.75) is 37.6 Å². The molecule has 1 spiro atoms. The molecule has 6 nitrogen and oxygen atoms in total. The quantitative estimate of drug-likeness (QED) is 0.859. The maximum absolute atomic E-state index is 12.9. The highest BCUT2D eigenvalue weighted by Gasteiger charge is 2.49. The van der Waals surface area contributed by atoms with Crippen LogP contribution in [-0.2, 0) is 4.79 Å². The van der Waals surface area contributed by atoms with Crippen molar-refractivity contribution in [3.8, 4) is 5.75 Å². The highest BCUT2D eigenvalue weighted by Crippen LogP contribution is 2.39. The molecule has 3 saturated heterocycles. The number of rotatable bonds is 3. The largest absolute Gasteiger partial charge is 0.507 e. The van der Waals surface area contributed by atoms with E-state index in [0.717, 1.165) is 51.7 Å². The van der Waals surface area contributed by atoms with Crippen LogP contribution in [0.5, 0.6) is 5.75 Å². The summed E-state index contributed by atoms with van der Waals surface area (Å²) in [6.45, 7) is 4.40. The molecule has 0 radical (unpaired) electrons. The number of nitrogens with zero attached hydrogens (tertiary/aromatic N) is 3. The molecule has 1 aromatic rings. The predicted molar refractivity (Wildman–Crippen MR) is 103 cm³/mol.